The van der Waals surface area contributed by atoms with Crippen molar-refractivity contribution in [3.63, 3.8) is 0 Å². The summed E-state index contributed by atoms with van der Waals surface area (Å²) < 4.78 is 10.5. The maximum absolute atomic E-state index is 12.0. The minimum Gasteiger partial charge on any atom is -0.484 e. The maximum Gasteiger partial charge on any atom is 0.338 e. The van der Waals surface area contributed by atoms with Crippen molar-refractivity contribution in [2.45, 2.75) is 40.0 Å². The highest BCUT2D eigenvalue weighted by Gasteiger charge is 2.18. The van der Waals surface area contributed by atoms with E-state index in [2.05, 4.69) is 23.2 Å². The number of benzene rings is 1. The second-order valence-electron chi connectivity index (χ2n) is 6.91. The molecule has 0 bridgehead atoms. The number of amides is 1. The third-order valence-corrected chi connectivity index (χ3v) is 4.51. The van der Waals surface area contributed by atoms with E-state index in [0.29, 0.717) is 23.8 Å². The zero-order chi connectivity index (χ0) is 20.5. The molecule has 0 spiro atoms. The van der Waals surface area contributed by atoms with Gasteiger partial charge in [-0.2, -0.15) is 5.10 Å². The normalized spacial score (nSPS) is 17.6. The molecule has 1 N–H and O–H groups in total. The Morgan fingerprint density at radius 1 is 1.29 bits per heavy atom. The summed E-state index contributed by atoms with van der Waals surface area (Å²) >= 11 is 0. The minimum atomic E-state index is -0.370. The third-order valence-electron chi connectivity index (χ3n) is 4.51. The highest BCUT2D eigenvalue weighted by Crippen LogP contribution is 2.26. The second-order valence-corrected chi connectivity index (χ2v) is 6.91. The van der Waals surface area contributed by atoms with Crippen LogP contribution in [0.3, 0.4) is 0 Å². The zero-order valence-electron chi connectivity index (χ0n) is 16.8. The van der Waals surface area contributed by atoms with Gasteiger partial charge in [-0.3, -0.25) is 4.79 Å². The van der Waals surface area contributed by atoms with Gasteiger partial charge in [-0.25, -0.2) is 10.2 Å². The summed E-state index contributed by atoms with van der Waals surface area (Å²) in [6.07, 6.45) is 4.63. The van der Waals surface area contributed by atoms with Crippen LogP contribution in [0.1, 0.15) is 50.4 Å². The summed E-state index contributed by atoms with van der Waals surface area (Å²) in [5, 5.41) is 4.24. The van der Waals surface area contributed by atoms with Gasteiger partial charge in [-0.1, -0.05) is 25.2 Å². The Hall–Kier alpha value is -2.89. The van der Waals surface area contributed by atoms with Crippen molar-refractivity contribution in [3.05, 3.63) is 53.6 Å². The molecule has 0 unspecified atom stereocenters. The van der Waals surface area contributed by atoms with E-state index in [4.69, 9.17) is 9.47 Å². The number of carbonyl (C=O) groups is 2. The van der Waals surface area contributed by atoms with Gasteiger partial charge >= 0.3 is 5.97 Å². The molecule has 28 heavy (non-hydrogen) atoms. The molecule has 6 nitrogen and oxygen atoms in total. The van der Waals surface area contributed by atoms with Crippen LogP contribution in [0, 0.1) is 5.92 Å². The van der Waals surface area contributed by atoms with Gasteiger partial charge in [0.05, 0.1) is 17.9 Å². The number of carbonyl (C=O) groups excluding carboxylic acids is 2. The van der Waals surface area contributed by atoms with E-state index in [1.165, 1.54) is 0 Å². The predicted octanol–water partition coefficient (Wildman–Crippen LogP) is 4.04. The molecule has 0 heterocycles. The van der Waals surface area contributed by atoms with Crippen LogP contribution in [0.2, 0.25) is 0 Å². The van der Waals surface area contributed by atoms with E-state index in [-0.39, 0.29) is 18.5 Å². The van der Waals surface area contributed by atoms with Crippen LogP contribution in [-0.4, -0.2) is 30.8 Å². The summed E-state index contributed by atoms with van der Waals surface area (Å²) in [6, 6.07) is 6.49. The van der Waals surface area contributed by atoms with Crippen LogP contribution in [0.4, 0.5) is 0 Å². The van der Waals surface area contributed by atoms with Crippen LogP contribution in [0.15, 0.2) is 53.2 Å². The summed E-state index contributed by atoms with van der Waals surface area (Å²) in [7, 11) is 0. The fourth-order valence-corrected chi connectivity index (χ4v) is 2.70. The van der Waals surface area contributed by atoms with E-state index in [0.717, 1.165) is 36.1 Å². The van der Waals surface area contributed by atoms with E-state index in [9.17, 15) is 9.59 Å². The third kappa shape index (κ3) is 6.37. The topological polar surface area (TPSA) is 77.0 Å². The van der Waals surface area contributed by atoms with Crippen molar-refractivity contribution >= 4 is 17.6 Å². The van der Waals surface area contributed by atoms with Crippen molar-refractivity contribution in [1.82, 2.24) is 5.43 Å². The molecule has 0 radical (unpaired) electrons. The number of nitrogens with zero attached hydrogens (tertiary/aromatic N) is 1. The molecule has 150 valence electrons. The molecule has 1 atom stereocenters. The van der Waals surface area contributed by atoms with Gasteiger partial charge in [0.15, 0.2) is 6.61 Å². The molecule has 1 aromatic carbocycles. The number of rotatable bonds is 8. The lowest BCUT2D eigenvalue weighted by Gasteiger charge is -2.22. The molecule has 6 heteroatoms. The Bertz CT molecular complexity index is 778. The lowest BCUT2D eigenvalue weighted by Crippen LogP contribution is -2.27. The first-order chi connectivity index (χ1) is 13.4. The average Bonchev–Trinajstić information content (AvgIpc) is 2.70. The number of hydrazone groups is 1. The quantitative estimate of drug-likeness (QED) is 0.417. The van der Waals surface area contributed by atoms with E-state index in [1.54, 1.807) is 24.3 Å². The monoisotopic (exact) mass is 384 g/mol. The van der Waals surface area contributed by atoms with Crippen molar-refractivity contribution in [2.75, 3.05) is 13.2 Å². The molecule has 1 aromatic rings. The number of hydrogen-bond acceptors (Lipinski definition) is 5. The van der Waals surface area contributed by atoms with Gasteiger partial charge < -0.3 is 9.47 Å². The highest BCUT2D eigenvalue weighted by atomic mass is 16.5. The Kier molecular flexibility index (Phi) is 7.99. The second kappa shape index (κ2) is 10.4. The van der Waals surface area contributed by atoms with E-state index < -0.39 is 0 Å². The summed E-state index contributed by atoms with van der Waals surface area (Å²) in [4.78, 5) is 23.8. The Morgan fingerprint density at radius 2 is 2.00 bits per heavy atom. The van der Waals surface area contributed by atoms with Gasteiger partial charge in [0.1, 0.15) is 5.75 Å². The van der Waals surface area contributed by atoms with Gasteiger partial charge in [0, 0.05) is 0 Å². The Balaban J connectivity index is 1.84. The number of nitrogens with one attached hydrogen (secondary N) is 1. The molecular weight excluding hydrogens is 356 g/mol. The fourth-order valence-electron chi connectivity index (χ4n) is 2.70. The summed E-state index contributed by atoms with van der Waals surface area (Å²) in [5.41, 5.74) is 6.05. The highest BCUT2D eigenvalue weighted by molar-refractivity contribution is 6.01. The smallest absolute Gasteiger partial charge is 0.338 e. The zero-order valence-corrected chi connectivity index (χ0v) is 16.8. The van der Waals surface area contributed by atoms with E-state index in [1.807, 2.05) is 20.8 Å². The first-order valence-electron chi connectivity index (χ1n) is 9.48. The fraction of sp³-hybridized carbons (Fsp3) is 0.409. The Labute approximate surface area is 166 Å². The first-order valence-corrected chi connectivity index (χ1v) is 9.48. The Morgan fingerprint density at radius 3 is 2.64 bits per heavy atom. The number of ether oxygens (including phenoxy) is 2. The van der Waals surface area contributed by atoms with E-state index >= 15 is 0 Å². The van der Waals surface area contributed by atoms with Crippen LogP contribution >= 0.6 is 0 Å². The maximum atomic E-state index is 12.0. The molecule has 2 rings (SSSR count). The van der Waals surface area contributed by atoms with Gasteiger partial charge in [0.2, 0.25) is 0 Å². The van der Waals surface area contributed by atoms with Crippen molar-refractivity contribution < 1.29 is 19.1 Å². The molecule has 0 saturated heterocycles. The molecule has 0 aromatic heterocycles. The molecule has 1 aliphatic carbocycles. The van der Waals surface area contributed by atoms with Gasteiger partial charge in [-0.05, 0) is 68.9 Å². The minimum absolute atomic E-state index is 0.164. The van der Waals surface area contributed by atoms with Crippen LogP contribution in [0.5, 0.6) is 5.75 Å². The number of allylic oxidation sites excluding steroid dienone is 3. The standard InChI is InChI=1S/C22H28N2O4/c1-5-12-27-22(26)17-8-10-19(11-9-17)28-14-21(25)24-23-20-13-18(15(2)3)7-6-16(20)4/h6,8-11,18H,2,5,7,12-14H2,1,3-4H3,(H,24,25)/b23-20+/t18-/m1/s1. The molecule has 0 fully saturated rings. The van der Waals surface area contributed by atoms with Gasteiger partial charge in [-0.15, -0.1) is 0 Å². The van der Waals surface area contributed by atoms with Crippen molar-refractivity contribution in [3.8, 4) is 5.75 Å². The largest absolute Gasteiger partial charge is 0.484 e. The SMILES string of the molecule is C=C(C)[C@@H]1CC=C(C)/C(=N/NC(=O)COc2ccc(C(=O)OCCC)cc2)C1. The molecule has 0 aliphatic heterocycles. The number of hydrogen-bond donors (Lipinski definition) is 1. The summed E-state index contributed by atoms with van der Waals surface area (Å²) in [6.45, 7) is 10.2. The van der Waals surface area contributed by atoms with Crippen LogP contribution in [0.25, 0.3) is 0 Å². The molecular formula is C22H28N2O4. The predicted molar refractivity (Wildman–Crippen MR) is 109 cm³/mol. The molecule has 1 amide bonds. The van der Waals surface area contributed by atoms with Crippen molar-refractivity contribution in [2.24, 2.45) is 11.0 Å². The average molecular weight is 384 g/mol. The molecule has 1 aliphatic rings. The van der Waals surface area contributed by atoms with Crippen LogP contribution < -0.4 is 10.2 Å². The van der Waals surface area contributed by atoms with Crippen molar-refractivity contribution in [1.29, 1.82) is 0 Å². The van der Waals surface area contributed by atoms with Crippen LogP contribution in [-0.2, 0) is 9.53 Å². The lowest BCUT2D eigenvalue weighted by atomic mass is 9.85. The summed E-state index contributed by atoms with van der Waals surface area (Å²) in [5.74, 6) is 0.138. The molecule has 0 saturated carbocycles. The van der Waals surface area contributed by atoms with Gasteiger partial charge in [0.25, 0.3) is 5.91 Å². The number of esters is 1. The lowest BCUT2D eigenvalue weighted by molar-refractivity contribution is -0.123. The first kappa shape index (κ1) is 21.4.